The Kier molecular flexibility index (Phi) is 2.03. The fourth-order valence-electron chi connectivity index (χ4n) is 0.954. The molecule has 0 bridgehead atoms. The smallest absolute Gasteiger partial charge is 0.136 e. The molecule has 53 valence electrons. The second-order valence-corrected chi connectivity index (χ2v) is 2.48. The van der Waals surface area contributed by atoms with Gasteiger partial charge in [0.15, 0.2) is 0 Å². The van der Waals surface area contributed by atoms with E-state index in [2.05, 4.69) is 5.32 Å². The van der Waals surface area contributed by atoms with Crippen molar-refractivity contribution in [2.75, 3.05) is 19.7 Å². The van der Waals surface area contributed by atoms with Crippen molar-refractivity contribution in [1.82, 2.24) is 5.32 Å². The van der Waals surface area contributed by atoms with Gasteiger partial charge in [-0.15, -0.1) is 0 Å². The first-order chi connectivity index (χ1) is 4.27. The summed E-state index contributed by atoms with van der Waals surface area (Å²) in [7, 11) is 0. The van der Waals surface area contributed by atoms with Gasteiger partial charge < -0.3 is 5.11 Å². The SMILES string of the molecule is OCC1(F)CC[N]CC1. The van der Waals surface area contributed by atoms with Crippen molar-refractivity contribution in [3.8, 4) is 0 Å². The molecule has 0 aliphatic carbocycles. The maximum Gasteiger partial charge on any atom is 0.136 e. The minimum atomic E-state index is -1.32. The summed E-state index contributed by atoms with van der Waals surface area (Å²) in [4.78, 5) is 0. The molecule has 1 saturated heterocycles. The Morgan fingerprint density at radius 2 is 2.00 bits per heavy atom. The van der Waals surface area contributed by atoms with Gasteiger partial charge >= 0.3 is 0 Å². The summed E-state index contributed by atoms with van der Waals surface area (Å²) in [6.45, 7) is 0.788. The van der Waals surface area contributed by atoms with Crippen LogP contribution in [0.15, 0.2) is 0 Å². The van der Waals surface area contributed by atoms with E-state index < -0.39 is 5.67 Å². The van der Waals surface area contributed by atoms with Crippen LogP contribution >= 0.6 is 0 Å². The third kappa shape index (κ3) is 1.63. The van der Waals surface area contributed by atoms with Crippen molar-refractivity contribution in [3.05, 3.63) is 0 Å². The first kappa shape index (κ1) is 6.96. The average Bonchev–Trinajstić information content (AvgIpc) is 1.90. The highest BCUT2D eigenvalue weighted by Gasteiger charge is 2.30. The number of hydrogen-bond donors (Lipinski definition) is 1. The molecular formula is C6H11FNO. The zero-order chi connectivity index (χ0) is 6.74. The second-order valence-electron chi connectivity index (χ2n) is 2.48. The quantitative estimate of drug-likeness (QED) is 0.539. The molecule has 0 aromatic carbocycles. The lowest BCUT2D eigenvalue weighted by Crippen LogP contribution is -2.38. The zero-order valence-corrected chi connectivity index (χ0v) is 5.31. The first-order valence-electron chi connectivity index (χ1n) is 3.20. The highest BCUT2D eigenvalue weighted by Crippen LogP contribution is 2.22. The Morgan fingerprint density at radius 1 is 1.44 bits per heavy atom. The summed E-state index contributed by atoms with van der Waals surface area (Å²) in [5.41, 5.74) is -1.32. The monoisotopic (exact) mass is 132 g/mol. The molecule has 1 aliphatic heterocycles. The molecule has 0 aromatic rings. The van der Waals surface area contributed by atoms with Crippen molar-refractivity contribution < 1.29 is 9.50 Å². The number of hydrogen-bond acceptors (Lipinski definition) is 1. The van der Waals surface area contributed by atoms with E-state index in [-0.39, 0.29) is 6.61 Å². The Hall–Kier alpha value is -0.150. The van der Waals surface area contributed by atoms with Crippen molar-refractivity contribution in [2.45, 2.75) is 18.5 Å². The summed E-state index contributed by atoms with van der Waals surface area (Å²) in [5, 5.41) is 12.5. The highest BCUT2D eigenvalue weighted by molar-refractivity contribution is 4.83. The fraction of sp³-hybridized carbons (Fsp3) is 1.00. The first-order valence-corrected chi connectivity index (χ1v) is 3.20. The average molecular weight is 132 g/mol. The van der Waals surface area contributed by atoms with Crippen molar-refractivity contribution in [2.24, 2.45) is 0 Å². The molecule has 0 atom stereocenters. The third-order valence-electron chi connectivity index (χ3n) is 1.72. The molecule has 9 heavy (non-hydrogen) atoms. The van der Waals surface area contributed by atoms with E-state index in [1.807, 2.05) is 0 Å². The van der Waals surface area contributed by atoms with Crippen LogP contribution in [0.3, 0.4) is 0 Å². The number of piperidine rings is 1. The minimum Gasteiger partial charge on any atom is -0.393 e. The number of halogens is 1. The molecule has 0 spiro atoms. The summed E-state index contributed by atoms with van der Waals surface area (Å²) in [6, 6.07) is 0. The van der Waals surface area contributed by atoms with Crippen molar-refractivity contribution in [3.63, 3.8) is 0 Å². The Balaban J connectivity index is 2.37. The second kappa shape index (κ2) is 2.62. The van der Waals surface area contributed by atoms with Gasteiger partial charge in [-0.1, -0.05) is 0 Å². The predicted molar refractivity (Wildman–Crippen MR) is 32.0 cm³/mol. The van der Waals surface area contributed by atoms with Gasteiger partial charge in [0.2, 0.25) is 0 Å². The van der Waals surface area contributed by atoms with Crippen LogP contribution in [0.4, 0.5) is 4.39 Å². The molecule has 1 N–H and O–H groups in total. The van der Waals surface area contributed by atoms with Gasteiger partial charge in [-0.05, 0) is 12.8 Å². The largest absolute Gasteiger partial charge is 0.393 e. The molecule has 0 aromatic heterocycles. The molecule has 1 radical (unpaired) electrons. The molecular weight excluding hydrogens is 121 g/mol. The molecule has 3 heteroatoms. The summed E-state index contributed by atoms with van der Waals surface area (Å²) in [6.07, 6.45) is 0.785. The Labute approximate surface area is 54.1 Å². The van der Waals surface area contributed by atoms with E-state index in [4.69, 9.17) is 5.11 Å². The summed E-state index contributed by atoms with van der Waals surface area (Å²) >= 11 is 0. The van der Waals surface area contributed by atoms with Gasteiger partial charge in [0, 0.05) is 13.1 Å². The van der Waals surface area contributed by atoms with Gasteiger partial charge in [-0.2, -0.15) is 0 Å². The Morgan fingerprint density at radius 3 is 2.33 bits per heavy atom. The van der Waals surface area contributed by atoms with E-state index in [1.165, 1.54) is 0 Å². The lowest BCUT2D eigenvalue weighted by molar-refractivity contribution is 0.0417. The van der Waals surface area contributed by atoms with Gasteiger partial charge in [-0.25, -0.2) is 9.71 Å². The van der Waals surface area contributed by atoms with Crippen LogP contribution in [0.1, 0.15) is 12.8 Å². The van der Waals surface area contributed by atoms with Gasteiger partial charge in [-0.3, -0.25) is 0 Å². The van der Waals surface area contributed by atoms with E-state index >= 15 is 0 Å². The van der Waals surface area contributed by atoms with Crippen molar-refractivity contribution >= 4 is 0 Å². The number of nitrogens with zero attached hydrogens (tertiary/aromatic N) is 1. The van der Waals surface area contributed by atoms with Crippen LogP contribution in [-0.4, -0.2) is 30.5 Å². The fourth-order valence-corrected chi connectivity index (χ4v) is 0.954. The molecule has 1 heterocycles. The van der Waals surface area contributed by atoms with Gasteiger partial charge in [0.05, 0.1) is 6.61 Å². The van der Waals surface area contributed by atoms with Gasteiger partial charge in [0.1, 0.15) is 5.67 Å². The lowest BCUT2D eigenvalue weighted by Gasteiger charge is -2.26. The van der Waals surface area contributed by atoms with E-state index in [1.54, 1.807) is 0 Å². The third-order valence-corrected chi connectivity index (χ3v) is 1.72. The number of aliphatic hydroxyl groups excluding tert-OH is 1. The van der Waals surface area contributed by atoms with Crippen LogP contribution in [-0.2, 0) is 0 Å². The van der Waals surface area contributed by atoms with Crippen LogP contribution in [0.5, 0.6) is 0 Å². The van der Waals surface area contributed by atoms with E-state index in [9.17, 15) is 4.39 Å². The van der Waals surface area contributed by atoms with E-state index in [0.29, 0.717) is 25.9 Å². The van der Waals surface area contributed by atoms with Crippen molar-refractivity contribution in [1.29, 1.82) is 0 Å². The van der Waals surface area contributed by atoms with Crippen LogP contribution in [0.2, 0.25) is 0 Å². The summed E-state index contributed by atoms with van der Waals surface area (Å²) < 4.78 is 13.0. The Bertz CT molecular complexity index is 91.1. The molecule has 2 nitrogen and oxygen atoms in total. The number of rotatable bonds is 1. The molecule has 0 unspecified atom stereocenters. The summed E-state index contributed by atoms with van der Waals surface area (Å²) in [5.74, 6) is 0. The van der Waals surface area contributed by atoms with Crippen LogP contribution in [0, 0.1) is 0 Å². The number of aliphatic hydroxyl groups is 1. The molecule has 1 rings (SSSR count). The maximum absolute atomic E-state index is 13.0. The normalized spacial score (nSPS) is 26.0. The van der Waals surface area contributed by atoms with Gasteiger partial charge in [0.25, 0.3) is 0 Å². The molecule has 0 amide bonds. The maximum atomic E-state index is 13.0. The topological polar surface area (TPSA) is 34.3 Å². The minimum absolute atomic E-state index is 0.345. The predicted octanol–water partition coefficient (Wildman–Crippen LogP) is 0.0852. The molecule has 1 fully saturated rings. The van der Waals surface area contributed by atoms with Crippen LogP contribution in [0.25, 0.3) is 0 Å². The highest BCUT2D eigenvalue weighted by atomic mass is 19.1. The zero-order valence-electron chi connectivity index (χ0n) is 5.31. The number of alkyl halides is 1. The molecule has 0 saturated carbocycles. The van der Waals surface area contributed by atoms with Crippen LogP contribution < -0.4 is 5.32 Å². The standard InChI is InChI=1S/C6H11FNO/c7-6(5-9)1-3-8-4-2-6/h9H,1-5H2. The van der Waals surface area contributed by atoms with E-state index in [0.717, 1.165) is 0 Å². The molecule has 1 aliphatic rings. The lowest BCUT2D eigenvalue weighted by atomic mass is 9.96.